The number of nitrogens with zero attached hydrogens (tertiary/aromatic N) is 2. The van der Waals surface area contributed by atoms with E-state index in [4.69, 9.17) is 0 Å². The molecule has 130 valence electrons. The number of aromatic nitrogens is 2. The first-order chi connectivity index (χ1) is 10.4. The van der Waals surface area contributed by atoms with Gasteiger partial charge in [0, 0.05) is 0 Å². The summed E-state index contributed by atoms with van der Waals surface area (Å²) in [5.74, 6) is 0. The Morgan fingerprint density at radius 2 is 1.36 bits per heavy atom. The molecule has 7 heteroatoms. The summed E-state index contributed by atoms with van der Waals surface area (Å²) in [4.78, 5) is 0. The largest absolute Gasteiger partial charge is 0.673 e. The van der Waals surface area contributed by atoms with Crippen LogP contribution in [0.5, 0.6) is 0 Å². The van der Waals surface area contributed by atoms with Gasteiger partial charge in [-0.3, -0.25) is 0 Å². The van der Waals surface area contributed by atoms with Gasteiger partial charge < -0.3 is 17.3 Å². The number of rotatable bonds is 10. The van der Waals surface area contributed by atoms with Crippen LogP contribution in [-0.4, -0.2) is 11.8 Å². The van der Waals surface area contributed by atoms with E-state index in [9.17, 15) is 17.3 Å². The molecule has 1 aromatic rings. The zero-order chi connectivity index (χ0) is 16.8. The maximum absolute atomic E-state index is 9.75. The fourth-order valence-electron chi connectivity index (χ4n) is 2.19. The monoisotopic (exact) mass is 324 g/mol. The summed E-state index contributed by atoms with van der Waals surface area (Å²) < 4.78 is 43.5. The van der Waals surface area contributed by atoms with Crippen LogP contribution in [0.4, 0.5) is 17.3 Å². The van der Waals surface area contributed by atoms with Crippen LogP contribution in [0.25, 0.3) is 0 Å². The van der Waals surface area contributed by atoms with Gasteiger partial charge in [0.15, 0.2) is 0 Å². The van der Waals surface area contributed by atoms with Crippen molar-refractivity contribution in [2.24, 2.45) is 0 Å². The highest BCUT2D eigenvalue weighted by Crippen LogP contribution is 2.08. The number of hydrogen-bond acceptors (Lipinski definition) is 0. The molecule has 0 N–H and O–H groups in total. The quantitative estimate of drug-likeness (QED) is 0.241. The van der Waals surface area contributed by atoms with Crippen molar-refractivity contribution in [2.45, 2.75) is 78.3 Å². The van der Waals surface area contributed by atoms with Crippen LogP contribution in [0.2, 0.25) is 0 Å². The second kappa shape index (κ2) is 12.5. The van der Waals surface area contributed by atoms with E-state index in [2.05, 4.69) is 41.7 Å². The molecule has 0 saturated heterocycles. The Balaban J connectivity index is 0.000000763. The minimum absolute atomic E-state index is 1.07. The average Bonchev–Trinajstić information content (AvgIpc) is 2.88. The van der Waals surface area contributed by atoms with Crippen LogP contribution in [-0.2, 0) is 13.1 Å². The highest BCUT2D eigenvalue weighted by atomic mass is 19.5. The van der Waals surface area contributed by atoms with Crippen molar-refractivity contribution in [2.75, 3.05) is 0 Å². The number of hydrogen-bond donors (Lipinski definition) is 0. The third-order valence-corrected chi connectivity index (χ3v) is 3.38. The van der Waals surface area contributed by atoms with Gasteiger partial charge in [-0.2, -0.15) is 0 Å². The van der Waals surface area contributed by atoms with E-state index in [0.717, 1.165) is 6.54 Å². The lowest BCUT2D eigenvalue weighted by Crippen LogP contribution is -2.30. The van der Waals surface area contributed by atoms with Crippen LogP contribution < -0.4 is 4.57 Å². The highest BCUT2D eigenvalue weighted by Gasteiger charge is 2.20. The second-order valence-electron chi connectivity index (χ2n) is 5.45. The van der Waals surface area contributed by atoms with Crippen LogP contribution in [0.3, 0.4) is 0 Å². The van der Waals surface area contributed by atoms with E-state index in [1.54, 1.807) is 0 Å². The van der Waals surface area contributed by atoms with E-state index in [-0.39, 0.29) is 0 Å². The predicted molar refractivity (Wildman–Crippen MR) is 83.1 cm³/mol. The van der Waals surface area contributed by atoms with Crippen molar-refractivity contribution in [3.8, 4) is 0 Å². The Morgan fingerprint density at radius 3 is 1.82 bits per heavy atom. The molecule has 0 bridgehead atoms. The van der Waals surface area contributed by atoms with E-state index in [1.807, 2.05) is 0 Å². The van der Waals surface area contributed by atoms with Gasteiger partial charge in [0.25, 0.3) is 0 Å². The fraction of sp³-hybridized carbons (Fsp3) is 0.800. The molecule has 0 unspecified atom stereocenters. The summed E-state index contributed by atoms with van der Waals surface area (Å²) in [5.41, 5.74) is 0. The van der Waals surface area contributed by atoms with E-state index >= 15 is 0 Å². The van der Waals surface area contributed by atoms with Gasteiger partial charge in [0.05, 0.1) is 13.1 Å². The number of halogens is 4. The summed E-state index contributed by atoms with van der Waals surface area (Å²) >= 11 is 0. The smallest absolute Gasteiger partial charge is 0.418 e. The minimum atomic E-state index is -6.00. The van der Waals surface area contributed by atoms with Gasteiger partial charge >= 0.3 is 7.25 Å². The molecule has 0 spiro atoms. The molecule has 22 heavy (non-hydrogen) atoms. The zero-order valence-corrected chi connectivity index (χ0v) is 13.8. The number of aryl methyl sites for hydroxylation is 2. The molecule has 0 atom stereocenters. The molecule has 0 amide bonds. The Bertz CT molecular complexity index is 361. The predicted octanol–water partition coefficient (Wildman–Crippen LogP) is 5.24. The summed E-state index contributed by atoms with van der Waals surface area (Å²) in [5, 5.41) is 0. The van der Waals surface area contributed by atoms with Gasteiger partial charge in [-0.1, -0.05) is 45.4 Å². The van der Waals surface area contributed by atoms with Crippen molar-refractivity contribution >= 4 is 7.25 Å². The molecule has 0 radical (unpaired) electrons. The SMILES string of the molecule is CCCCCCCCCC[n+]1ccn(CC)c1.F[B-](F)(F)F. The lowest BCUT2D eigenvalue weighted by molar-refractivity contribution is -0.696. The first-order valence-corrected chi connectivity index (χ1v) is 8.29. The third-order valence-electron chi connectivity index (χ3n) is 3.38. The molecule has 1 aromatic heterocycles. The fourth-order valence-corrected chi connectivity index (χ4v) is 2.19. The van der Waals surface area contributed by atoms with Gasteiger partial charge in [0.2, 0.25) is 6.33 Å². The Morgan fingerprint density at radius 1 is 0.864 bits per heavy atom. The summed E-state index contributed by atoms with van der Waals surface area (Å²) in [6.07, 6.45) is 17.8. The maximum atomic E-state index is 9.75. The highest BCUT2D eigenvalue weighted by molar-refractivity contribution is 6.50. The van der Waals surface area contributed by atoms with E-state index < -0.39 is 7.25 Å². The van der Waals surface area contributed by atoms with Crippen molar-refractivity contribution in [3.05, 3.63) is 18.7 Å². The van der Waals surface area contributed by atoms with Gasteiger partial charge in [-0.05, 0) is 19.8 Å². The Labute approximate surface area is 131 Å². The van der Waals surface area contributed by atoms with Crippen LogP contribution in [0, 0.1) is 0 Å². The molecule has 1 heterocycles. The van der Waals surface area contributed by atoms with Crippen molar-refractivity contribution in [3.63, 3.8) is 0 Å². The molecule has 0 aliphatic rings. The summed E-state index contributed by atoms with van der Waals surface area (Å²) in [6.45, 7) is 6.71. The van der Waals surface area contributed by atoms with Crippen LogP contribution in [0.15, 0.2) is 18.7 Å². The summed E-state index contributed by atoms with van der Waals surface area (Å²) in [6, 6.07) is 0. The zero-order valence-electron chi connectivity index (χ0n) is 13.8. The minimum Gasteiger partial charge on any atom is -0.418 e. The van der Waals surface area contributed by atoms with E-state index in [1.165, 1.54) is 57.9 Å². The van der Waals surface area contributed by atoms with Gasteiger partial charge in [0.1, 0.15) is 12.4 Å². The third kappa shape index (κ3) is 15.4. The Hall–Kier alpha value is -1.01. The first kappa shape index (κ1) is 21.0. The van der Waals surface area contributed by atoms with Gasteiger partial charge in [-0.15, -0.1) is 0 Å². The van der Waals surface area contributed by atoms with Crippen LogP contribution in [0.1, 0.15) is 65.2 Å². The number of imidazole rings is 1. The van der Waals surface area contributed by atoms with Crippen LogP contribution >= 0.6 is 0 Å². The lowest BCUT2D eigenvalue weighted by atomic mass is 10.1. The lowest BCUT2D eigenvalue weighted by Gasteiger charge is -2.00. The molecule has 0 saturated carbocycles. The van der Waals surface area contributed by atoms with Crippen molar-refractivity contribution < 1.29 is 21.8 Å². The molecular formula is C15H29BF4N2. The summed E-state index contributed by atoms with van der Waals surface area (Å²) in [7, 11) is -6.00. The molecule has 0 fully saturated rings. The molecule has 2 nitrogen and oxygen atoms in total. The molecule has 0 aromatic carbocycles. The standard InChI is InChI=1S/C15H29N2.BF4/c1-3-5-6-7-8-9-10-11-12-17-14-13-16(4-2)15-17;2-1(3,4)5/h13-15H,3-12H2,1-2H3;/q+1;-1. The van der Waals surface area contributed by atoms with Gasteiger partial charge in [-0.25, -0.2) is 9.13 Å². The van der Waals surface area contributed by atoms with E-state index in [0.29, 0.717) is 0 Å². The van der Waals surface area contributed by atoms with Crippen molar-refractivity contribution in [1.29, 1.82) is 0 Å². The second-order valence-corrected chi connectivity index (χ2v) is 5.45. The number of unbranched alkanes of at least 4 members (excludes halogenated alkanes) is 7. The Kier molecular flexibility index (Phi) is 12.0. The normalized spacial score (nSPS) is 11.2. The topological polar surface area (TPSA) is 8.81 Å². The molecule has 1 rings (SSSR count). The van der Waals surface area contributed by atoms with Crippen molar-refractivity contribution in [1.82, 2.24) is 4.57 Å². The molecule has 0 aliphatic carbocycles. The maximum Gasteiger partial charge on any atom is 0.673 e. The first-order valence-electron chi connectivity index (χ1n) is 8.29. The molecule has 0 aliphatic heterocycles. The average molecular weight is 324 g/mol. The molecular weight excluding hydrogens is 295 g/mol.